The van der Waals surface area contributed by atoms with Gasteiger partial charge in [0.1, 0.15) is 5.02 Å². The van der Waals surface area contributed by atoms with Gasteiger partial charge in [0.2, 0.25) is 5.91 Å². The molecule has 1 amide bonds. The molecule has 6 nitrogen and oxygen atoms in total. The van der Waals surface area contributed by atoms with Gasteiger partial charge in [0.25, 0.3) is 5.56 Å². The van der Waals surface area contributed by atoms with Gasteiger partial charge in [0, 0.05) is 32.6 Å². The van der Waals surface area contributed by atoms with Gasteiger partial charge in [-0.15, -0.1) is 0 Å². The molecule has 0 radical (unpaired) electrons. The molecule has 1 fully saturated rings. The normalized spacial score (nSPS) is 14.6. The molecule has 1 saturated heterocycles. The van der Waals surface area contributed by atoms with Crippen molar-refractivity contribution in [3.05, 3.63) is 51.9 Å². The number of nitrogens with zero attached hydrogens (tertiary/aromatic N) is 4. The minimum atomic E-state index is -0.338. The average molecular weight is 361 g/mol. The summed E-state index contributed by atoms with van der Waals surface area (Å²) in [6, 6.07) is 9.18. The van der Waals surface area contributed by atoms with Crippen LogP contribution in [0.15, 0.2) is 41.3 Å². The first-order chi connectivity index (χ1) is 12.1. The first-order valence-electron chi connectivity index (χ1n) is 8.47. The summed E-state index contributed by atoms with van der Waals surface area (Å²) in [5.74, 6) is 0.186. The molecule has 3 rings (SSSR count). The molecule has 0 aliphatic carbocycles. The molecule has 0 unspecified atom stereocenters. The fourth-order valence-electron chi connectivity index (χ4n) is 2.97. The highest BCUT2D eigenvalue weighted by molar-refractivity contribution is 6.33. The minimum Gasteiger partial charge on any atom is -0.365 e. The molecular weight excluding hydrogens is 340 g/mol. The van der Waals surface area contributed by atoms with E-state index in [0.717, 1.165) is 6.42 Å². The number of piperazine rings is 1. The Bertz CT molecular complexity index is 798. The van der Waals surface area contributed by atoms with Crippen molar-refractivity contribution in [1.82, 2.24) is 14.7 Å². The van der Waals surface area contributed by atoms with Crippen LogP contribution in [-0.2, 0) is 4.79 Å². The van der Waals surface area contributed by atoms with E-state index in [1.54, 1.807) is 6.20 Å². The third-order valence-electron chi connectivity index (χ3n) is 4.34. The van der Waals surface area contributed by atoms with E-state index in [-0.39, 0.29) is 16.5 Å². The number of rotatable bonds is 4. The van der Waals surface area contributed by atoms with Crippen molar-refractivity contribution < 1.29 is 4.79 Å². The Kier molecular flexibility index (Phi) is 5.38. The van der Waals surface area contributed by atoms with Gasteiger partial charge < -0.3 is 9.80 Å². The molecule has 25 heavy (non-hydrogen) atoms. The van der Waals surface area contributed by atoms with Gasteiger partial charge >= 0.3 is 0 Å². The number of carbonyl (C=O) groups excluding carboxylic acids is 1. The second-order valence-electron chi connectivity index (χ2n) is 6.01. The van der Waals surface area contributed by atoms with E-state index in [4.69, 9.17) is 11.6 Å². The van der Waals surface area contributed by atoms with Crippen LogP contribution in [0.1, 0.15) is 19.8 Å². The number of halogens is 1. The molecular formula is C18H21ClN4O2. The Morgan fingerprint density at radius 1 is 1.16 bits per heavy atom. The summed E-state index contributed by atoms with van der Waals surface area (Å²) < 4.78 is 1.30. The molecule has 0 bridgehead atoms. The zero-order valence-corrected chi connectivity index (χ0v) is 14.9. The fourth-order valence-corrected chi connectivity index (χ4v) is 3.21. The summed E-state index contributed by atoms with van der Waals surface area (Å²) in [4.78, 5) is 28.4. The SMILES string of the molecule is CCCC(=O)N1CCN(c2cnn(-c3ccccc3)c(=O)c2Cl)CC1. The summed E-state index contributed by atoms with van der Waals surface area (Å²) >= 11 is 6.33. The number of anilines is 1. The average Bonchev–Trinajstić information content (AvgIpc) is 2.65. The first kappa shape index (κ1) is 17.5. The third kappa shape index (κ3) is 3.69. The van der Waals surface area contributed by atoms with Crippen molar-refractivity contribution in [3.8, 4) is 5.69 Å². The van der Waals surface area contributed by atoms with Crippen LogP contribution >= 0.6 is 11.6 Å². The van der Waals surface area contributed by atoms with Crippen LogP contribution in [0.25, 0.3) is 5.69 Å². The van der Waals surface area contributed by atoms with Crippen LogP contribution in [0.4, 0.5) is 5.69 Å². The van der Waals surface area contributed by atoms with E-state index in [1.165, 1.54) is 4.68 Å². The lowest BCUT2D eigenvalue weighted by atomic mass is 10.2. The van der Waals surface area contributed by atoms with Gasteiger partial charge in [0.05, 0.1) is 17.6 Å². The van der Waals surface area contributed by atoms with Crippen LogP contribution in [0.5, 0.6) is 0 Å². The number of benzene rings is 1. The summed E-state index contributed by atoms with van der Waals surface area (Å²) in [5.41, 5.74) is 0.965. The maximum atomic E-state index is 12.6. The quantitative estimate of drug-likeness (QED) is 0.839. The summed E-state index contributed by atoms with van der Waals surface area (Å²) in [7, 11) is 0. The predicted molar refractivity (Wildman–Crippen MR) is 98.5 cm³/mol. The van der Waals surface area contributed by atoms with Crippen molar-refractivity contribution in [3.63, 3.8) is 0 Å². The van der Waals surface area contributed by atoms with E-state index in [1.807, 2.05) is 47.1 Å². The van der Waals surface area contributed by atoms with Gasteiger partial charge in [-0.3, -0.25) is 9.59 Å². The number of aromatic nitrogens is 2. The zero-order valence-electron chi connectivity index (χ0n) is 14.2. The van der Waals surface area contributed by atoms with Crippen molar-refractivity contribution in [2.45, 2.75) is 19.8 Å². The maximum absolute atomic E-state index is 12.6. The number of amides is 1. The Morgan fingerprint density at radius 2 is 1.84 bits per heavy atom. The highest BCUT2D eigenvalue weighted by Crippen LogP contribution is 2.23. The molecule has 0 atom stereocenters. The van der Waals surface area contributed by atoms with E-state index >= 15 is 0 Å². The smallest absolute Gasteiger partial charge is 0.292 e. The fraction of sp³-hybridized carbons (Fsp3) is 0.389. The minimum absolute atomic E-state index is 0.159. The Morgan fingerprint density at radius 3 is 2.48 bits per heavy atom. The molecule has 1 aromatic carbocycles. The molecule has 2 aromatic rings. The van der Waals surface area contributed by atoms with Gasteiger partial charge in [-0.1, -0.05) is 36.7 Å². The lowest BCUT2D eigenvalue weighted by molar-refractivity contribution is -0.131. The number of hydrogen-bond acceptors (Lipinski definition) is 4. The number of carbonyl (C=O) groups is 1. The van der Waals surface area contributed by atoms with Crippen molar-refractivity contribution in [1.29, 1.82) is 0 Å². The highest BCUT2D eigenvalue weighted by Gasteiger charge is 2.23. The van der Waals surface area contributed by atoms with Gasteiger partial charge in [0.15, 0.2) is 0 Å². The van der Waals surface area contributed by atoms with Crippen LogP contribution in [0.3, 0.4) is 0 Å². The molecule has 0 N–H and O–H groups in total. The van der Waals surface area contributed by atoms with Crippen LogP contribution < -0.4 is 10.5 Å². The lowest BCUT2D eigenvalue weighted by Crippen LogP contribution is -2.49. The monoisotopic (exact) mass is 360 g/mol. The molecule has 132 valence electrons. The third-order valence-corrected chi connectivity index (χ3v) is 4.69. The topological polar surface area (TPSA) is 58.4 Å². The second kappa shape index (κ2) is 7.70. The molecule has 7 heteroatoms. The van der Waals surface area contributed by atoms with Crippen molar-refractivity contribution in [2.24, 2.45) is 0 Å². The molecule has 1 aromatic heterocycles. The molecule has 2 heterocycles. The molecule has 1 aliphatic rings. The van der Waals surface area contributed by atoms with Gasteiger partial charge in [-0.05, 0) is 18.6 Å². The van der Waals surface area contributed by atoms with Crippen LogP contribution in [-0.4, -0.2) is 46.8 Å². The van der Waals surface area contributed by atoms with Crippen molar-refractivity contribution >= 4 is 23.2 Å². The van der Waals surface area contributed by atoms with Crippen LogP contribution in [0, 0.1) is 0 Å². The van der Waals surface area contributed by atoms with Gasteiger partial charge in [-0.2, -0.15) is 9.78 Å². The van der Waals surface area contributed by atoms with Crippen molar-refractivity contribution in [2.75, 3.05) is 31.1 Å². The van der Waals surface area contributed by atoms with E-state index in [0.29, 0.717) is 44.0 Å². The summed E-state index contributed by atoms with van der Waals surface area (Å²) in [6.45, 7) is 4.56. The molecule has 0 spiro atoms. The summed E-state index contributed by atoms with van der Waals surface area (Å²) in [5, 5.41) is 4.43. The molecule has 0 saturated carbocycles. The van der Waals surface area contributed by atoms with Gasteiger partial charge in [-0.25, -0.2) is 0 Å². The second-order valence-corrected chi connectivity index (χ2v) is 6.39. The number of para-hydroxylation sites is 1. The Balaban J connectivity index is 1.78. The van der Waals surface area contributed by atoms with E-state index in [9.17, 15) is 9.59 Å². The number of hydrogen-bond donors (Lipinski definition) is 0. The maximum Gasteiger partial charge on any atom is 0.292 e. The van der Waals surface area contributed by atoms with E-state index < -0.39 is 0 Å². The first-order valence-corrected chi connectivity index (χ1v) is 8.85. The largest absolute Gasteiger partial charge is 0.365 e. The summed E-state index contributed by atoms with van der Waals surface area (Å²) in [6.07, 6.45) is 3.06. The predicted octanol–water partition coefficient (Wildman–Crippen LogP) is 2.33. The standard InChI is InChI=1S/C18H21ClN4O2/c1-2-6-16(24)22-11-9-21(10-12-22)15-13-20-23(18(25)17(15)19)14-7-4-3-5-8-14/h3-5,7-8,13H,2,6,9-12H2,1H3. The molecule has 1 aliphatic heterocycles. The highest BCUT2D eigenvalue weighted by atomic mass is 35.5. The van der Waals surface area contributed by atoms with Crippen LogP contribution in [0.2, 0.25) is 5.02 Å². The van der Waals surface area contributed by atoms with E-state index in [2.05, 4.69) is 5.10 Å². The Labute approximate surface area is 151 Å². The zero-order chi connectivity index (χ0) is 17.8. The Hall–Kier alpha value is -2.34. The lowest BCUT2D eigenvalue weighted by Gasteiger charge is -2.36.